The van der Waals surface area contributed by atoms with Crippen molar-refractivity contribution in [1.29, 1.82) is 0 Å². The predicted molar refractivity (Wildman–Crippen MR) is 160 cm³/mol. The van der Waals surface area contributed by atoms with Gasteiger partial charge < -0.3 is 29.5 Å². The van der Waals surface area contributed by atoms with E-state index >= 15 is 0 Å². The number of benzene rings is 2. The van der Waals surface area contributed by atoms with Crippen LogP contribution in [0.1, 0.15) is 52.4 Å². The largest absolute Gasteiger partial charge is 0.494 e. The number of pyridine rings is 1. The molecule has 1 fully saturated rings. The van der Waals surface area contributed by atoms with E-state index < -0.39 is 0 Å². The molecule has 224 valence electrons. The van der Waals surface area contributed by atoms with Gasteiger partial charge in [0.2, 0.25) is 5.91 Å². The van der Waals surface area contributed by atoms with Crippen molar-refractivity contribution in [3.05, 3.63) is 83.2 Å². The first-order valence-electron chi connectivity index (χ1n) is 14.9. The normalized spacial score (nSPS) is 18.9. The van der Waals surface area contributed by atoms with Crippen molar-refractivity contribution in [2.24, 2.45) is 5.92 Å². The summed E-state index contributed by atoms with van der Waals surface area (Å²) in [7, 11) is 3.51. The Balaban J connectivity index is 1.32. The fourth-order valence-corrected chi connectivity index (χ4v) is 6.17. The van der Waals surface area contributed by atoms with E-state index in [0.717, 1.165) is 22.4 Å². The number of aromatic nitrogens is 1. The quantitative estimate of drug-likeness (QED) is 0.459. The second-order valence-corrected chi connectivity index (χ2v) is 11.5. The molecule has 7 rings (SSSR count). The minimum atomic E-state index is -0.279. The minimum absolute atomic E-state index is 0.0126. The van der Waals surface area contributed by atoms with Crippen molar-refractivity contribution in [3.8, 4) is 17.2 Å². The molecule has 4 aliphatic rings. The zero-order chi connectivity index (χ0) is 29.9. The lowest BCUT2D eigenvalue weighted by Crippen LogP contribution is -2.49. The van der Waals surface area contributed by atoms with Crippen molar-refractivity contribution in [2.75, 3.05) is 46.9 Å². The summed E-state index contributed by atoms with van der Waals surface area (Å²) in [6.07, 6.45) is 5.73. The molecule has 10 nitrogen and oxygen atoms in total. The van der Waals surface area contributed by atoms with E-state index in [4.69, 9.17) is 9.47 Å². The van der Waals surface area contributed by atoms with E-state index in [9.17, 15) is 14.4 Å². The topological polar surface area (TPSA) is 104 Å². The highest BCUT2D eigenvalue weighted by atomic mass is 16.5. The Hall–Kier alpha value is -4.60. The van der Waals surface area contributed by atoms with Crippen molar-refractivity contribution in [3.63, 3.8) is 0 Å². The maximum absolute atomic E-state index is 14.1. The van der Waals surface area contributed by atoms with Crippen molar-refractivity contribution >= 4 is 17.8 Å². The zero-order valence-electron chi connectivity index (χ0n) is 24.6. The molecule has 2 aromatic carbocycles. The molecule has 1 atom stereocenters. The zero-order valence-corrected chi connectivity index (χ0v) is 24.6. The second-order valence-electron chi connectivity index (χ2n) is 11.5. The van der Waals surface area contributed by atoms with Crippen LogP contribution >= 0.6 is 0 Å². The Morgan fingerprint density at radius 2 is 1.81 bits per heavy atom. The molecular weight excluding hydrogens is 546 g/mol. The predicted octanol–water partition coefficient (Wildman–Crippen LogP) is 4.25. The summed E-state index contributed by atoms with van der Waals surface area (Å²) in [4.78, 5) is 48.9. The lowest BCUT2D eigenvalue weighted by atomic mass is 9.85. The lowest BCUT2D eigenvalue weighted by Gasteiger charge is -2.41. The molecule has 0 saturated carbocycles. The number of rotatable bonds is 1. The lowest BCUT2D eigenvalue weighted by molar-refractivity contribution is -0.139. The molecule has 3 aromatic rings. The van der Waals surface area contributed by atoms with Crippen molar-refractivity contribution in [1.82, 2.24) is 25.0 Å². The van der Waals surface area contributed by atoms with Crippen molar-refractivity contribution in [2.45, 2.75) is 31.7 Å². The van der Waals surface area contributed by atoms with E-state index in [-0.39, 0.29) is 29.8 Å². The molecule has 1 unspecified atom stereocenters. The number of nitrogens with one attached hydrogen (secondary N) is 1. The number of hydrogen-bond acceptors (Lipinski definition) is 6. The van der Waals surface area contributed by atoms with Crippen molar-refractivity contribution < 1.29 is 23.9 Å². The minimum Gasteiger partial charge on any atom is -0.494 e. The third-order valence-electron chi connectivity index (χ3n) is 8.38. The van der Waals surface area contributed by atoms with E-state index in [2.05, 4.69) is 10.3 Å². The molecule has 4 amide bonds. The maximum Gasteiger partial charge on any atom is 0.319 e. The number of hydrogen-bond donors (Lipinski definition) is 1. The standard InChI is InChI=1S/C33H37N5O5/c1-36(2)33(41)37-13-9-22(10-14-37)32(40)38-15-11-23-17-27-7-8-29(23)30(38)24-5-3-6-26(18-24)42-16-4-12-35-31(39)25-19-28(43-27)21-34-20-25/h3,5-8,17-22,30H,4,9-16H2,1-2H3,(H,35,39). The number of carbonyl (C=O) groups excluding carboxylic acids is 3. The Morgan fingerprint density at radius 1 is 0.977 bits per heavy atom. The highest BCUT2D eigenvalue weighted by Crippen LogP contribution is 2.40. The fourth-order valence-electron chi connectivity index (χ4n) is 6.17. The molecule has 43 heavy (non-hydrogen) atoms. The van der Waals surface area contributed by atoms with Gasteiger partial charge in [-0.15, -0.1) is 0 Å². The van der Waals surface area contributed by atoms with Gasteiger partial charge in [-0.2, -0.15) is 0 Å². The van der Waals surface area contributed by atoms with Gasteiger partial charge in [-0.1, -0.05) is 18.2 Å². The number of amides is 4. The monoisotopic (exact) mass is 583 g/mol. The molecule has 0 radical (unpaired) electrons. The van der Waals surface area contributed by atoms with Gasteiger partial charge in [0.15, 0.2) is 0 Å². The van der Waals surface area contributed by atoms with Gasteiger partial charge in [-0.25, -0.2) is 4.79 Å². The van der Waals surface area contributed by atoms with Gasteiger partial charge in [-0.3, -0.25) is 14.6 Å². The van der Waals surface area contributed by atoms with Gasteiger partial charge in [-0.05, 0) is 72.7 Å². The number of fused-ring (bicyclic) bond motifs is 6. The summed E-state index contributed by atoms with van der Waals surface area (Å²) in [6, 6.07) is 15.3. The smallest absolute Gasteiger partial charge is 0.319 e. The molecule has 1 N–H and O–H groups in total. The Bertz CT molecular complexity index is 1520. The van der Waals surface area contributed by atoms with Gasteiger partial charge in [0, 0.05) is 52.4 Å². The molecule has 1 aromatic heterocycles. The van der Waals surface area contributed by atoms with Crippen LogP contribution < -0.4 is 14.8 Å². The third kappa shape index (κ3) is 6.14. The van der Waals surface area contributed by atoms with E-state index in [1.54, 1.807) is 31.3 Å². The van der Waals surface area contributed by atoms with Crippen LogP contribution in [0.4, 0.5) is 4.79 Å². The average Bonchev–Trinajstić information content (AvgIpc) is 3.03. The fraction of sp³-hybridized carbons (Fsp3) is 0.394. The second kappa shape index (κ2) is 12.3. The van der Waals surface area contributed by atoms with Crippen LogP contribution in [-0.2, 0) is 11.2 Å². The molecule has 10 heteroatoms. The first-order valence-corrected chi connectivity index (χ1v) is 14.9. The van der Waals surface area contributed by atoms with Crippen LogP contribution in [0.15, 0.2) is 60.9 Å². The molecule has 0 spiro atoms. The summed E-state index contributed by atoms with van der Waals surface area (Å²) in [5.41, 5.74) is 3.56. The van der Waals surface area contributed by atoms with Gasteiger partial charge in [0.1, 0.15) is 17.2 Å². The Labute approximate surface area is 251 Å². The number of ether oxygens (including phenoxy) is 2. The number of urea groups is 1. The van der Waals surface area contributed by atoms with E-state index in [0.29, 0.717) is 75.5 Å². The van der Waals surface area contributed by atoms with Crippen LogP contribution in [0.3, 0.4) is 0 Å². The number of nitrogens with zero attached hydrogens (tertiary/aromatic N) is 4. The summed E-state index contributed by atoms with van der Waals surface area (Å²) in [5, 5.41) is 2.91. The van der Waals surface area contributed by atoms with Crippen LogP contribution in [0.5, 0.6) is 17.2 Å². The highest BCUT2D eigenvalue weighted by molar-refractivity contribution is 5.94. The van der Waals surface area contributed by atoms with Crippen LogP contribution in [0, 0.1) is 5.92 Å². The summed E-state index contributed by atoms with van der Waals surface area (Å²) in [5.74, 6) is 1.62. The average molecular weight is 584 g/mol. The van der Waals surface area contributed by atoms with Gasteiger partial charge in [0.25, 0.3) is 5.91 Å². The molecule has 1 saturated heterocycles. The molecule has 4 aliphatic heterocycles. The highest BCUT2D eigenvalue weighted by Gasteiger charge is 2.37. The maximum atomic E-state index is 14.1. The molecule has 0 aliphatic carbocycles. The first-order chi connectivity index (χ1) is 20.9. The SMILES string of the molecule is CN(C)C(=O)N1CCC(C(=O)N2CCc3cc4ccc3C2c2cccc(c2)OCCCNC(=O)c2cncc(c2)O4)CC1. The van der Waals surface area contributed by atoms with E-state index in [1.165, 1.54) is 6.20 Å². The van der Waals surface area contributed by atoms with Gasteiger partial charge >= 0.3 is 6.03 Å². The molecule has 8 bridgehead atoms. The van der Waals surface area contributed by atoms with Crippen LogP contribution in [0.2, 0.25) is 0 Å². The van der Waals surface area contributed by atoms with Crippen LogP contribution in [-0.4, -0.2) is 84.4 Å². The Morgan fingerprint density at radius 3 is 2.63 bits per heavy atom. The molecular formula is C33H37N5O5. The number of likely N-dealkylation sites (tertiary alicyclic amines) is 1. The molecule has 5 heterocycles. The van der Waals surface area contributed by atoms with E-state index in [1.807, 2.05) is 52.3 Å². The third-order valence-corrected chi connectivity index (χ3v) is 8.38. The first kappa shape index (κ1) is 28.5. The van der Waals surface area contributed by atoms with Crippen LogP contribution in [0.25, 0.3) is 0 Å². The summed E-state index contributed by atoms with van der Waals surface area (Å²) < 4.78 is 12.2. The summed E-state index contributed by atoms with van der Waals surface area (Å²) in [6.45, 7) is 2.60. The van der Waals surface area contributed by atoms with Gasteiger partial charge in [0.05, 0.1) is 24.4 Å². The number of piperidine rings is 1. The summed E-state index contributed by atoms with van der Waals surface area (Å²) >= 11 is 0. The number of carbonyl (C=O) groups is 3. The Kier molecular flexibility index (Phi) is 8.18.